The molecule has 0 heterocycles. The van der Waals surface area contributed by atoms with Gasteiger partial charge in [0.1, 0.15) is 0 Å². The third-order valence-electron chi connectivity index (χ3n) is 1.84. The highest BCUT2D eigenvalue weighted by Crippen LogP contribution is 2.22. The summed E-state index contributed by atoms with van der Waals surface area (Å²) >= 11 is 0. The molecule has 1 aromatic rings. The normalized spacial score (nSPS) is 12.4. The van der Waals surface area contributed by atoms with Crippen LogP contribution in [0.15, 0.2) is 23.1 Å². The largest absolute Gasteiger partial charge is 0.296 e. The fourth-order valence-corrected chi connectivity index (χ4v) is 2.52. The van der Waals surface area contributed by atoms with Gasteiger partial charge in [-0.15, -0.1) is 0 Å². The zero-order valence-corrected chi connectivity index (χ0v) is 9.97. The highest BCUT2D eigenvalue weighted by molar-refractivity contribution is 7.90. The third kappa shape index (κ3) is 3.17. The summed E-state index contributed by atoms with van der Waals surface area (Å²) in [6.07, 6.45) is 0. The van der Waals surface area contributed by atoms with Crippen molar-refractivity contribution in [3.05, 3.63) is 23.8 Å². The quantitative estimate of drug-likeness (QED) is 0.663. The fourth-order valence-electron chi connectivity index (χ4n) is 1.19. The van der Waals surface area contributed by atoms with E-state index in [9.17, 15) is 16.8 Å². The van der Waals surface area contributed by atoms with Crippen LogP contribution in [0, 0.1) is 6.92 Å². The molecule has 0 fully saturated rings. The summed E-state index contributed by atoms with van der Waals surface area (Å²) in [4.78, 5) is -0.152. The Balaban J connectivity index is 3.36. The fraction of sp³-hybridized carbons (Fsp3) is 0.143. The van der Waals surface area contributed by atoms with Crippen molar-refractivity contribution >= 4 is 25.9 Å². The SMILES string of the molecule is Cc1c(NS(N)(=O)=O)cccc1S(N)(=O)=O. The topological polar surface area (TPSA) is 132 Å². The van der Waals surface area contributed by atoms with Crippen LogP contribution in [-0.2, 0) is 20.2 Å². The molecule has 90 valence electrons. The van der Waals surface area contributed by atoms with Crippen molar-refractivity contribution in [3.63, 3.8) is 0 Å². The Morgan fingerprint density at radius 1 is 1.12 bits per heavy atom. The van der Waals surface area contributed by atoms with Gasteiger partial charge in [-0.05, 0) is 24.6 Å². The highest BCUT2D eigenvalue weighted by atomic mass is 32.2. The van der Waals surface area contributed by atoms with Crippen LogP contribution in [0.4, 0.5) is 5.69 Å². The van der Waals surface area contributed by atoms with Gasteiger partial charge in [0.25, 0.3) is 10.2 Å². The molecule has 0 bridgehead atoms. The minimum absolute atomic E-state index is 0.0778. The van der Waals surface area contributed by atoms with Gasteiger partial charge in [0, 0.05) is 0 Å². The average Bonchev–Trinajstić information content (AvgIpc) is 2.04. The first-order chi connectivity index (χ1) is 7.11. The van der Waals surface area contributed by atoms with E-state index in [1.165, 1.54) is 25.1 Å². The van der Waals surface area contributed by atoms with E-state index in [0.29, 0.717) is 0 Å². The maximum Gasteiger partial charge on any atom is 0.296 e. The Bertz CT molecular complexity index is 607. The van der Waals surface area contributed by atoms with Crippen molar-refractivity contribution in [2.24, 2.45) is 10.3 Å². The summed E-state index contributed by atoms with van der Waals surface area (Å²) < 4.78 is 45.9. The number of hydrogen-bond acceptors (Lipinski definition) is 4. The summed E-state index contributed by atoms with van der Waals surface area (Å²) in [5, 5.41) is 9.73. The second kappa shape index (κ2) is 4.01. The highest BCUT2D eigenvalue weighted by Gasteiger charge is 2.15. The van der Waals surface area contributed by atoms with Gasteiger partial charge in [-0.2, -0.15) is 8.42 Å². The lowest BCUT2D eigenvalue weighted by Gasteiger charge is -2.10. The van der Waals surface area contributed by atoms with Crippen molar-refractivity contribution in [1.82, 2.24) is 0 Å². The number of benzene rings is 1. The van der Waals surface area contributed by atoms with E-state index in [-0.39, 0.29) is 16.1 Å². The van der Waals surface area contributed by atoms with Crippen LogP contribution in [0.25, 0.3) is 0 Å². The number of nitrogens with two attached hydrogens (primary N) is 2. The molecule has 0 radical (unpaired) electrons. The molecule has 9 heteroatoms. The van der Waals surface area contributed by atoms with Crippen LogP contribution in [0.3, 0.4) is 0 Å². The average molecular weight is 265 g/mol. The van der Waals surface area contributed by atoms with Gasteiger partial charge in [0.2, 0.25) is 10.0 Å². The van der Waals surface area contributed by atoms with Crippen LogP contribution in [0.5, 0.6) is 0 Å². The lowest BCUT2D eigenvalue weighted by Crippen LogP contribution is -2.23. The Hall–Kier alpha value is -1.16. The lowest BCUT2D eigenvalue weighted by molar-refractivity contribution is 0.596. The minimum Gasteiger partial charge on any atom is -0.271 e. The van der Waals surface area contributed by atoms with Gasteiger partial charge in [-0.3, -0.25) is 4.72 Å². The molecular weight excluding hydrogens is 254 g/mol. The van der Waals surface area contributed by atoms with E-state index in [0.717, 1.165) is 0 Å². The van der Waals surface area contributed by atoms with Gasteiger partial charge < -0.3 is 0 Å². The van der Waals surface area contributed by atoms with Crippen molar-refractivity contribution < 1.29 is 16.8 Å². The first kappa shape index (κ1) is 12.9. The van der Waals surface area contributed by atoms with Crippen LogP contribution in [0.1, 0.15) is 5.56 Å². The van der Waals surface area contributed by atoms with Crippen LogP contribution < -0.4 is 15.0 Å². The molecule has 0 unspecified atom stereocenters. The smallest absolute Gasteiger partial charge is 0.271 e. The standard InChI is InChI=1S/C7H11N3O4S2/c1-5-6(10-16(9,13)14)3-2-4-7(5)15(8,11)12/h2-4,10H,1H3,(H2,8,11,12)(H2,9,13,14). The van der Waals surface area contributed by atoms with E-state index >= 15 is 0 Å². The first-order valence-corrected chi connectivity index (χ1v) is 7.13. The van der Waals surface area contributed by atoms with E-state index < -0.39 is 20.2 Å². The van der Waals surface area contributed by atoms with Crippen LogP contribution >= 0.6 is 0 Å². The molecule has 0 aliphatic rings. The van der Waals surface area contributed by atoms with Crippen molar-refractivity contribution in [1.29, 1.82) is 0 Å². The zero-order valence-electron chi connectivity index (χ0n) is 8.34. The molecule has 0 aliphatic carbocycles. The van der Waals surface area contributed by atoms with Crippen molar-refractivity contribution in [3.8, 4) is 0 Å². The number of nitrogens with one attached hydrogen (secondary N) is 1. The maximum absolute atomic E-state index is 11.1. The number of rotatable bonds is 3. The molecule has 0 amide bonds. The molecule has 1 rings (SSSR count). The van der Waals surface area contributed by atoms with Gasteiger partial charge in [0.05, 0.1) is 10.6 Å². The van der Waals surface area contributed by atoms with Gasteiger partial charge in [-0.1, -0.05) is 6.07 Å². The molecule has 0 aliphatic heterocycles. The lowest BCUT2D eigenvalue weighted by atomic mass is 10.2. The predicted octanol–water partition coefficient (Wildman–Crippen LogP) is -0.742. The molecule has 5 N–H and O–H groups in total. The molecule has 0 atom stereocenters. The Morgan fingerprint density at radius 2 is 1.69 bits per heavy atom. The summed E-state index contributed by atoms with van der Waals surface area (Å²) in [6, 6.07) is 4.02. The Labute approximate surface area is 93.7 Å². The Kier molecular flexibility index (Phi) is 3.24. The summed E-state index contributed by atoms with van der Waals surface area (Å²) in [6.45, 7) is 1.42. The molecule has 0 saturated heterocycles. The zero-order chi connectivity index (χ0) is 12.6. The second-order valence-electron chi connectivity index (χ2n) is 3.12. The third-order valence-corrected chi connectivity index (χ3v) is 3.40. The minimum atomic E-state index is -3.95. The molecule has 7 nitrogen and oxygen atoms in total. The molecule has 1 aromatic carbocycles. The molecule has 0 aromatic heterocycles. The summed E-state index contributed by atoms with van der Waals surface area (Å²) in [5.41, 5.74) is 0.271. The van der Waals surface area contributed by atoms with E-state index in [2.05, 4.69) is 0 Å². The van der Waals surface area contributed by atoms with E-state index in [1.807, 2.05) is 4.72 Å². The maximum atomic E-state index is 11.1. The molecule has 0 spiro atoms. The summed E-state index contributed by atoms with van der Waals surface area (Å²) in [5.74, 6) is 0. The number of primary sulfonamides is 1. The molecular formula is C7H11N3O4S2. The number of hydrogen-bond donors (Lipinski definition) is 3. The second-order valence-corrected chi connectivity index (χ2v) is 5.94. The number of sulfonamides is 1. The molecule has 0 saturated carbocycles. The monoisotopic (exact) mass is 265 g/mol. The van der Waals surface area contributed by atoms with E-state index in [4.69, 9.17) is 10.3 Å². The van der Waals surface area contributed by atoms with Crippen LogP contribution in [0.2, 0.25) is 0 Å². The van der Waals surface area contributed by atoms with Crippen LogP contribution in [-0.4, -0.2) is 16.8 Å². The Morgan fingerprint density at radius 3 is 2.12 bits per heavy atom. The predicted molar refractivity (Wildman–Crippen MR) is 59.3 cm³/mol. The molecule has 16 heavy (non-hydrogen) atoms. The van der Waals surface area contributed by atoms with Gasteiger partial charge in [0.15, 0.2) is 0 Å². The first-order valence-electron chi connectivity index (χ1n) is 4.04. The number of anilines is 1. The van der Waals surface area contributed by atoms with Crippen molar-refractivity contribution in [2.75, 3.05) is 4.72 Å². The van der Waals surface area contributed by atoms with E-state index in [1.54, 1.807) is 0 Å². The van der Waals surface area contributed by atoms with Crippen molar-refractivity contribution in [2.45, 2.75) is 11.8 Å². The van der Waals surface area contributed by atoms with Gasteiger partial charge in [-0.25, -0.2) is 18.7 Å². The summed E-state index contributed by atoms with van der Waals surface area (Å²) in [7, 11) is -7.83. The van der Waals surface area contributed by atoms with Gasteiger partial charge >= 0.3 is 0 Å².